The molecule has 2 N–H and O–H groups in total. The van der Waals surface area contributed by atoms with Crippen LogP contribution in [-0.4, -0.2) is 25.5 Å². The van der Waals surface area contributed by atoms with Gasteiger partial charge in [0.2, 0.25) is 0 Å². The molecule has 90 valence electrons. The normalized spacial score (nSPS) is 13.1. The zero-order valence-corrected chi connectivity index (χ0v) is 10.5. The second-order valence-corrected chi connectivity index (χ2v) is 3.72. The highest BCUT2D eigenvalue weighted by Gasteiger charge is 2.07. The van der Waals surface area contributed by atoms with E-state index < -0.39 is 0 Å². The fourth-order valence-electron chi connectivity index (χ4n) is 1.71. The van der Waals surface area contributed by atoms with Crippen LogP contribution in [0.15, 0.2) is 23.2 Å². The highest BCUT2D eigenvalue weighted by Crippen LogP contribution is 2.17. The Labute approximate surface area is 107 Å². The lowest BCUT2D eigenvalue weighted by molar-refractivity contribution is 0.956. The number of nitrogens with zero attached hydrogens (tertiary/aromatic N) is 2. The second kappa shape index (κ2) is 6.12. The molecule has 1 aliphatic heterocycles. The van der Waals surface area contributed by atoms with E-state index in [1.54, 1.807) is 0 Å². The lowest BCUT2D eigenvalue weighted by Gasteiger charge is -2.09. The van der Waals surface area contributed by atoms with Crippen LogP contribution in [0.2, 0.25) is 0 Å². The van der Waals surface area contributed by atoms with Crippen LogP contribution in [0.4, 0.5) is 5.69 Å². The minimum atomic E-state index is 0. The summed E-state index contributed by atoms with van der Waals surface area (Å²) < 4.78 is 0. The van der Waals surface area contributed by atoms with Gasteiger partial charge in [-0.25, -0.2) is 0 Å². The number of aryl methyl sites for hydroxylation is 1. The van der Waals surface area contributed by atoms with Gasteiger partial charge in [-0.3, -0.25) is 4.99 Å². The van der Waals surface area contributed by atoms with Crippen molar-refractivity contribution in [3.63, 3.8) is 0 Å². The average molecular weight is 251 g/mol. The first-order valence-electron chi connectivity index (χ1n) is 5.32. The van der Waals surface area contributed by atoms with Crippen LogP contribution in [0.3, 0.4) is 0 Å². The number of amidine groups is 1. The minimum absolute atomic E-state index is 0. The first kappa shape index (κ1) is 13.3. The summed E-state index contributed by atoms with van der Waals surface area (Å²) in [5.41, 5.74) is 2.58. The molecule has 0 aromatic heterocycles. The van der Waals surface area contributed by atoms with Crippen LogP contribution in [0, 0.1) is 18.3 Å². The molecule has 2 rings (SSSR count). The topological polar surface area (TPSA) is 60.2 Å². The molecule has 0 spiro atoms. The van der Waals surface area contributed by atoms with Gasteiger partial charge < -0.3 is 10.6 Å². The van der Waals surface area contributed by atoms with Gasteiger partial charge >= 0.3 is 0 Å². The summed E-state index contributed by atoms with van der Waals surface area (Å²) in [6, 6.07) is 8.02. The van der Waals surface area contributed by atoms with Crippen molar-refractivity contribution in [3.8, 4) is 6.07 Å². The summed E-state index contributed by atoms with van der Waals surface area (Å²) in [4.78, 5) is 4.29. The maximum atomic E-state index is 9.06. The highest BCUT2D eigenvalue weighted by atomic mass is 35.5. The molecule has 1 heterocycles. The van der Waals surface area contributed by atoms with Gasteiger partial charge in [0.1, 0.15) is 11.9 Å². The third-order valence-electron chi connectivity index (χ3n) is 2.57. The van der Waals surface area contributed by atoms with Gasteiger partial charge in [-0.2, -0.15) is 5.26 Å². The molecule has 0 amide bonds. The van der Waals surface area contributed by atoms with Crippen LogP contribution in [0.5, 0.6) is 0 Å². The molecule has 0 fully saturated rings. The van der Waals surface area contributed by atoms with E-state index in [0.717, 1.165) is 30.2 Å². The van der Waals surface area contributed by atoms with E-state index in [0.29, 0.717) is 12.1 Å². The molecule has 0 saturated heterocycles. The van der Waals surface area contributed by atoms with Crippen molar-refractivity contribution in [2.45, 2.75) is 6.92 Å². The Morgan fingerprint density at radius 2 is 2.35 bits per heavy atom. The van der Waals surface area contributed by atoms with Crippen molar-refractivity contribution >= 4 is 23.9 Å². The maximum Gasteiger partial charge on any atom is 0.116 e. The van der Waals surface area contributed by atoms with Crippen molar-refractivity contribution in [2.24, 2.45) is 4.99 Å². The van der Waals surface area contributed by atoms with Gasteiger partial charge in [-0.05, 0) is 18.6 Å². The predicted molar refractivity (Wildman–Crippen MR) is 71.9 cm³/mol. The molecule has 0 radical (unpaired) electrons. The standard InChI is InChI=1S/C12H14N4.ClH/c1-9-3-2-4-11(10(9)7-13)16-8-12-14-5-6-15-12;/h2-4,16H,5-6,8H2,1H3,(H,14,15);1H. The van der Waals surface area contributed by atoms with Gasteiger partial charge in [0.05, 0.1) is 24.3 Å². The summed E-state index contributed by atoms with van der Waals surface area (Å²) in [7, 11) is 0. The first-order valence-corrected chi connectivity index (χ1v) is 5.32. The Morgan fingerprint density at radius 3 is 3.00 bits per heavy atom. The Kier molecular flexibility index (Phi) is 4.80. The van der Waals surface area contributed by atoms with E-state index in [1.807, 2.05) is 25.1 Å². The minimum Gasteiger partial charge on any atom is -0.377 e. The van der Waals surface area contributed by atoms with Crippen LogP contribution in [0.1, 0.15) is 11.1 Å². The number of nitriles is 1. The van der Waals surface area contributed by atoms with Gasteiger partial charge in [0.15, 0.2) is 0 Å². The average Bonchev–Trinajstić information content (AvgIpc) is 2.79. The zero-order valence-electron chi connectivity index (χ0n) is 9.66. The highest BCUT2D eigenvalue weighted by molar-refractivity contribution is 5.87. The van der Waals surface area contributed by atoms with Crippen molar-refractivity contribution in [1.29, 1.82) is 5.26 Å². The molecule has 17 heavy (non-hydrogen) atoms. The molecular formula is C12H15ClN4. The van der Waals surface area contributed by atoms with Crippen LogP contribution < -0.4 is 10.6 Å². The Bertz CT molecular complexity index is 462. The smallest absolute Gasteiger partial charge is 0.116 e. The van der Waals surface area contributed by atoms with E-state index in [-0.39, 0.29) is 12.4 Å². The van der Waals surface area contributed by atoms with Gasteiger partial charge in [0.25, 0.3) is 0 Å². The fraction of sp³-hybridized carbons (Fsp3) is 0.333. The largest absolute Gasteiger partial charge is 0.377 e. The summed E-state index contributed by atoms with van der Waals surface area (Å²) in [6.45, 7) is 4.35. The van der Waals surface area contributed by atoms with Crippen LogP contribution >= 0.6 is 12.4 Å². The molecule has 5 heteroatoms. The van der Waals surface area contributed by atoms with E-state index in [4.69, 9.17) is 5.26 Å². The molecule has 0 unspecified atom stereocenters. The van der Waals surface area contributed by atoms with E-state index >= 15 is 0 Å². The number of hydrogen-bond acceptors (Lipinski definition) is 4. The second-order valence-electron chi connectivity index (χ2n) is 3.72. The molecule has 0 atom stereocenters. The molecule has 1 aromatic rings. The summed E-state index contributed by atoms with van der Waals surface area (Å²) in [5.74, 6) is 0.963. The monoisotopic (exact) mass is 250 g/mol. The Hall–Kier alpha value is -1.73. The van der Waals surface area contributed by atoms with Crippen molar-refractivity contribution in [2.75, 3.05) is 25.0 Å². The number of benzene rings is 1. The van der Waals surface area contributed by atoms with E-state index in [9.17, 15) is 0 Å². The number of anilines is 1. The molecular weight excluding hydrogens is 236 g/mol. The van der Waals surface area contributed by atoms with Crippen molar-refractivity contribution < 1.29 is 0 Å². The number of halogens is 1. The lowest BCUT2D eigenvalue weighted by Crippen LogP contribution is -2.26. The Morgan fingerprint density at radius 1 is 1.53 bits per heavy atom. The van der Waals surface area contributed by atoms with Crippen LogP contribution in [0.25, 0.3) is 0 Å². The third-order valence-corrected chi connectivity index (χ3v) is 2.57. The third kappa shape index (κ3) is 3.11. The fourth-order valence-corrected chi connectivity index (χ4v) is 1.71. The first-order chi connectivity index (χ1) is 7.81. The summed E-state index contributed by atoms with van der Waals surface area (Å²) >= 11 is 0. The molecule has 0 bridgehead atoms. The molecule has 1 aromatic carbocycles. The van der Waals surface area contributed by atoms with Crippen LogP contribution in [-0.2, 0) is 0 Å². The molecule has 4 nitrogen and oxygen atoms in total. The zero-order chi connectivity index (χ0) is 11.4. The lowest BCUT2D eigenvalue weighted by atomic mass is 10.1. The number of rotatable bonds is 3. The quantitative estimate of drug-likeness (QED) is 0.859. The Balaban J connectivity index is 0.00000144. The molecule has 0 saturated carbocycles. The molecule has 1 aliphatic rings. The maximum absolute atomic E-state index is 9.06. The van der Waals surface area contributed by atoms with E-state index in [1.165, 1.54) is 0 Å². The predicted octanol–water partition coefficient (Wildman–Crippen LogP) is 1.70. The SMILES string of the molecule is Cc1cccc(NCC2=NCCN2)c1C#N.Cl. The molecule has 0 aliphatic carbocycles. The summed E-state index contributed by atoms with van der Waals surface area (Å²) in [5, 5.41) is 15.5. The number of nitrogens with one attached hydrogen (secondary N) is 2. The van der Waals surface area contributed by atoms with Gasteiger partial charge in [-0.1, -0.05) is 12.1 Å². The van der Waals surface area contributed by atoms with E-state index in [2.05, 4.69) is 21.7 Å². The van der Waals surface area contributed by atoms with Gasteiger partial charge in [-0.15, -0.1) is 12.4 Å². The summed E-state index contributed by atoms with van der Waals surface area (Å²) in [6.07, 6.45) is 0. The van der Waals surface area contributed by atoms with Crippen molar-refractivity contribution in [3.05, 3.63) is 29.3 Å². The van der Waals surface area contributed by atoms with Gasteiger partial charge in [0, 0.05) is 6.54 Å². The number of hydrogen-bond donors (Lipinski definition) is 2. The number of aliphatic imine (C=N–C) groups is 1. The van der Waals surface area contributed by atoms with Crippen molar-refractivity contribution in [1.82, 2.24) is 5.32 Å².